The molecular formula is C20H20N2O4. The molecule has 134 valence electrons. The van der Waals surface area contributed by atoms with Crippen LogP contribution in [0.25, 0.3) is 16.5 Å². The van der Waals surface area contributed by atoms with E-state index in [1.165, 1.54) is 4.57 Å². The topological polar surface area (TPSA) is 69.6 Å². The van der Waals surface area contributed by atoms with E-state index < -0.39 is 0 Å². The number of fused-ring (bicyclic) bond motifs is 1. The number of hydrogen-bond acceptors (Lipinski definition) is 4. The monoisotopic (exact) mass is 352 g/mol. The third kappa shape index (κ3) is 3.45. The quantitative estimate of drug-likeness (QED) is 0.692. The molecule has 0 atom stereocenters. The van der Waals surface area contributed by atoms with Gasteiger partial charge in [-0.3, -0.25) is 14.2 Å². The minimum atomic E-state index is -0.250. The van der Waals surface area contributed by atoms with Crippen LogP contribution < -0.4 is 15.6 Å². The zero-order valence-corrected chi connectivity index (χ0v) is 14.7. The Morgan fingerprint density at radius 1 is 1.04 bits per heavy atom. The fraction of sp³-hybridized carbons (Fsp3) is 0.200. The van der Waals surface area contributed by atoms with Crippen LogP contribution in [-0.4, -0.2) is 37.8 Å². The Morgan fingerprint density at radius 2 is 1.73 bits per heavy atom. The minimum absolute atomic E-state index is 0.181. The second kappa shape index (κ2) is 7.84. The highest BCUT2D eigenvalue weighted by Gasteiger charge is 2.15. The van der Waals surface area contributed by atoms with Gasteiger partial charge in [-0.05, 0) is 30.3 Å². The van der Waals surface area contributed by atoms with Crippen molar-refractivity contribution in [2.45, 2.75) is 0 Å². The number of nitrogens with one attached hydrogen (secondary N) is 1. The first kappa shape index (κ1) is 17.7. The summed E-state index contributed by atoms with van der Waals surface area (Å²) in [6, 6.07) is 14.2. The lowest BCUT2D eigenvalue weighted by Gasteiger charge is -2.13. The van der Waals surface area contributed by atoms with Gasteiger partial charge in [-0.15, -0.1) is 0 Å². The van der Waals surface area contributed by atoms with E-state index in [9.17, 15) is 9.59 Å². The van der Waals surface area contributed by atoms with Crippen LogP contribution >= 0.6 is 0 Å². The standard InChI is InChI=1S/C20H20N2O4/c1-25-12-11-21-19(23)18-13-22(14-7-9-15(26-2)10-8-14)20(24)17-6-4-3-5-16(17)18/h3-10,13H,11-12H2,1-2H3,(H,21,23). The molecule has 1 N–H and O–H groups in total. The Hall–Kier alpha value is -3.12. The molecule has 0 bridgehead atoms. The maximum Gasteiger partial charge on any atom is 0.262 e. The summed E-state index contributed by atoms with van der Waals surface area (Å²) in [5, 5.41) is 3.92. The molecule has 0 aliphatic carbocycles. The number of benzene rings is 2. The van der Waals surface area contributed by atoms with Gasteiger partial charge in [0.05, 0.1) is 19.3 Å². The Labute approximate surface area is 151 Å². The van der Waals surface area contributed by atoms with Gasteiger partial charge in [0.2, 0.25) is 0 Å². The second-order valence-corrected chi connectivity index (χ2v) is 5.71. The molecule has 0 fully saturated rings. The zero-order valence-electron chi connectivity index (χ0n) is 14.7. The third-order valence-corrected chi connectivity index (χ3v) is 4.11. The highest BCUT2D eigenvalue weighted by Crippen LogP contribution is 2.19. The molecule has 3 aromatic rings. The van der Waals surface area contributed by atoms with Crippen molar-refractivity contribution in [3.8, 4) is 11.4 Å². The molecule has 3 rings (SSSR count). The maximum atomic E-state index is 12.9. The van der Waals surface area contributed by atoms with Crippen LogP contribution in [0, 0.1) is 0 Å². The number of nitrogens with zero attached hydrogens (tertiary/aromatic N) is 1. The van der Waals surface area contributed by atoms with Gasteiger partial charge < -0.3 is 14.8 Å². The molecular weight excluding hydrogens is 332 g/mol. The molecule has 0 radical (unpaired) electrons. The van der Waals surface area contributed by atoms with E-state index >= 15 is 0 Å². The van der Waals surface area contributed by atoms with Crippen molar-refractivity contribution in [1.29, 1.82) is 0 Å². The first-order valence-corrected chi connectivity index (χ1v) is 8.21. The number of carbonyl (C=O) groups excluding carboxylic acids is 1. The number of methoxy groups -OCH3 is 2. The van der Waals surface area contributed by atoms with Gasteiger partial charge in [0.25, 0.3) is 11.5 Å². The number of pyridine rings is 1. The molecule has 1 amide bonds. The molecule has 0 unspecified atom stereocenters. The molecule has 0 saturated heterocycles. The molecule has 0 aliphatic heterocycles. The lowest BCUT2D eigenvalue weighted by atomic mass is 10.1. The van der Waals surface area contributed by atoms with E-state index in [2.05, 4.69) is 5.32 Å². The van der Waals surface area contributed by atoms with E-state index in [-0.39, 0.29) is 11.5 Å². The summed E-state index contributed by atoms with van der Waals surface area (Å²) in [6.45, 7) is 0.813. The molecule has 0 saturated carbocycles. The average Bonchev–Trinajstić information content (AvgIpc) is 2.69. The minimum Gasteiger partial charge on any atom is -0.497 e. The smallest absolute Gasteiger partial charge is 0.262 e. The molecule has 0 aliphatic rings. The summed E-state index contributed by atoms with van der Waals surface area (Å²) in [7, 11) is 3.16. The van der Waals surface area contributed by atoms with Gasteiger partial charge in [0.15, 0.2) is 0 Å². The van der Waals surface area contributed by atoms with E-state index in [1.54, 1.807) is 62.9 Å². The van der Waals surface area contributed by atoms with Crippen molar-refractivity contribution in [3.05, 3.63) is 70.6 Å². The summed E-state index contributed by atoms with van der Waals surface area (Å²) in [4.78, 5) is 25.5. The van der Waals surface area contributed by atoms with Crippen LogP contribution in [0.2, 0.25) is 0 Å². The van der Waals surface area contributed by atoms with E-state index in [4.69, 9.17) is 9.47 Å². The van der Waals surface area contributed by atoms with E-state index in [1.807, 2.05) is 6.07 Å². The predicted octanol–water partition coefficient (Wildman–Crippen LogP) is 2.38. The van der Waals surface area contributed by atoms with Gasteiger partial charge >= 0.3 is 0 Å². The SMILES string of the molecule is COCCNC(=O)c1cn(-c2ccc(OC)cc2)c(=O)c2ccccc12. The first-order valence-electron chi connectivity index (χ1n) is 8.21. The van der Waals surface area contributed by atoms with Gasteiger partial charge in [0.1, 0.15) is 5.75 Å². The normalized spacial score (nSPS) is 10.7. The molecule has 1 aromatic heterocycles. The third-order valence-electron chi connectivity index (χ3n) is 4.11. The molecule has 6 heteroatoms. The zero-order chi connectivity index (χ0) is 18.5. The lowest BCUT2D eigenvalue weighted by molar-refractivity contribution is 0.0938. The summed E-state index contributed by atoms with van der Waals surface area (Å²) in [5.41, 5.74) is 0.916. The fourth-order valence-electron chi connectivity index (χ4n) is 2.77. The number of rotatable bonds is 6. The molecule has 2 aromatic carbocycles. The Balaban J connectivity index is 2.13. The number of hydrogen-bond donors (Lipinski definition) is 1. The number of carbonyl (C=O) groups is 1. The van der Waals surface area contributed by atoms with Crippen LogP contribution in [0.3, 0.4) is 0 Å². The highest BCUT2D eigenvalue weighted by molar-refractivity contribution is 6.06. The second-order valence-electron chi connectivity index (χ2n) is 5.71. The van der Waals surface area contributed by atoms with Crippen molar-refractivity contribution in [1.82, 2.24) is 9.88 Å². The molecule has 0 spiro atoms. The number of aromatic nitrogens is 1. The number of amides is 1. The molecule has 26 heavy (non-hydrogen) atoms. The summed E-state index contributed by atoms with van der Waals surface area (Å²) in [6.07, 6.45) is 1.58. The van der Waals surface area contributed by atoms with Crippen LogP contribution in [-0.2, 0) is 4.74 Å². The lowest BCUT2D eigenvalue weighted by Crippen LogP contribution is -2.29. The Morgan fingerprint density at radius 3 is 2.38 bits per heavy atom. The van der Waals surface area contributed by atoms with Crippen LogP contribution in [0.15, 0.2) is 59.5 Å². The summed E-state index contributed by atoms with van der Waals surface area (Å²) >= 11 is 0. The summed E-state index contributed by atoms with van der Waals surface area (Å²) in [5.74, 6) is 0.445. The van der Waals surface area contributed by atoms with Crippen molar-refractivity contribution in [3.63, 3.8) is 0 Å². The number of ether oxygens (including phenoxy) is 2. The van der Waals surface area contributed by atoms with Crippen LogP contribution in [0.5, 0.6) is 5.75 Å². The van der Waals surface area contributed by atoms with Gasteiger partial charge in [-0.25, -0.2) is 0 Å². The van der Waals surface area contributed by atoms with Gasteiger partial charge in [0, 0.05) is 36.3 Å². The van der Waals surface area contributed by atoms with E-state index in [0.29, 0.717) is 40.9 Å². The summed E-state index contributed by atoms with van der Waals surface area (Å²) < 4.78 is 11.6. The van der Waals surface area contributed by atoms with E-state index in [0.717, 1.165) is 0 Å². The van der Waals surface area contributed by atoms with Crippen molar-refractivity contribution in [2.24, 2.45) is 0 Å². The maximum absolute atomic E-state index is 12.9. The first-order chi connectivity index (χ1) is 12.7. The van der Waals surface area contributed by atoms with Crippen LogP contribution in [0.1, 0.15) is 10.4 Å². The largest absolute Gasteiger partial charge is 0.497 e. The Bertz CT molecular complexity index is 977. The molecule has 6 nitrogen and oxygen atoms in total. The highest BCUT2D eigenvalue weighted by atomic mass is 16.5. The van der Waals surface area contributed by atoms with Gasteiger partial charge in [-0.1, -0.05) is 18.2 Å². The predicted molar refractivity (Wildman–Crippen MR) is 100 cm³/mol. The molecule has 1 heterocycles. The van der Waals surface area contributed by atoms with Gasteiger partial charge in [-0.2, -0.15) is 0 Å². The average molecular weight is 352 g/mol. The van der Waals surface area contributed by atoms with Crippen LogP contribution in [0.4, 0.5) is 0 Å². The van der Waals surface area contributed by atoms with Crippen molar-refractivity contribution in [2.75, 3.05) is 27.4 Å². The van der Waals surface area contributed by atoms with Crippen molar-refractivity contribution >= 4 is 16.7 Å². The fourth-order valence-corrected chi connectivity index (χ4v) is 2.77. The van der Waals surface area contributed by atoms with Crippen molar-refractivity contribution < 1.29 is 14.3 Å². The Kier molecular flexibility index (Phi) is 5.34.